The van der Waals surface area contributed by atoms with Crippen LogP contribution in [0.2, 0.25) is 5.02 Å². The highest BCUT2D eigenvalue weighted by molar-refractivity contribution is 6.30. The van der Waals surface area contributed by atoms with Gasteiger partial charge in [-0.25, -0.2) is 0 Å². The molecule has 2 aliphatic heterocycles. The molecule has 2 heterocycles. The highest BCUT2D eigenvalue weighted by Gasteiger charge is 2.52. The molecule has 176 valence electrons. The van der Waals surface area contributed by atoms with Crippen LogP contribution in [0.3, 0.4) is 0 Å². The van der Waals surface area contributed by atoms with Crippen molar-refractivity contribution in [3.8, 4) is 0 Å². The van der Waals surface area contributed by atoms with Crippen LogP contribution in [0.15, 0.2) is 18.2 Å². The van der Waals surface area contributed by atoms with Gasteiger partial charge in [-0.1, -0.05) is 31.5 Å². The fraction of sp³-hybridized carbons (Fsp3) is 0.680. The lowest BCUT2D eigenvalue weighted by molar-refractivity contribution is -0.145. The van der Waals surface area contributed by atoms with E-state index in [2.05, 4.69) is 41.5 Å². The Kier molecular flexibility index (Phi) is 7.01. The molecule has 3 aliphatic rings. The highest BCUT2D eigenvalue weighted by atomic mass is 35.5. The zero-order valence-corrected chi connectivity index (χ0v) is 20.2. The van der Waals surface area contributed by atoms with E-state index in [4.69, 9.17) is 22.7 Å². The Morgan fingerprint density at radius 1 is 1.28 bits per heavy atom. The summed E-state index contributed by atoms with van der Waals surface area (Å²) in [5.41, 5.74) is 7.50. The lowest BCUT2D eigenvalue weighted by Crippen LogP contribution is -2.59. The van der Waals surface area contributed by atoms with Crippen molar-refractivity contribution in [1.82, 2.24) is 15.5 Å². The summed E-state index contributed by atoms with van der Waals surface area (Å²) in [6.45, 7) is 7.38. The van der Waals surface area contributed by atoms with E-state index in [1.54, 1.807) is 0 Å². The molecule has 7 heteroatoms. The van der Waals surface area contributed by atoms with Crippen LogP contribution in [0, 0.1) is 23.2 Å². The Bertz CT molecular complexity index is 843. The first kappa shape index (κ1) is 23.4. The monoisotopic (exact) mass is 459 g/mol. The summed E-state index contributed by atoms with van der Waals surface area (Å²) in [6.07, 6.45) is 6.33. The Balaban J connectivity index is 1.73. The first-order chi connectivity index (χ1) is 15.3. The Hall–Kier alpha value is -1.79. The van der Waals surface area contributed by atoms with Crippen LogP contribution in [-0.2, 0) is 10.2 Å². The second-order valence-corrected chi connectivity index (χ2v) is 10.7. The molecular weight excluding hydrogens is 422 g/mol. The van der Waals surface area contributed by atoms with Crippen LogP contribution in [0.25, 0.3) is 0 Å². The fourth-order valence-electron chi connectivity index (χ4n) is 6.42. The van der Waals surface area contributed by atoms with Crippen LogP contribution in [0.5, 0.6) is 0 Å². The van der Waals surface area contributed by atoms with E-state index in [9.17, 15) is 4.79 Å². The number of carbonyl (C=O) groups is 1. The minimum atomic E-state index is -0.479. The average molecular weight is 460 g/mol. The molecule has 1 amide bonds. The van der Waals surface area contributed by atoms with E-state index in [-0.39, 0.29) is 17.9 Å². The Morgan fingerprint density at radius 2 is 1.97 bits per heavy atom. The molecular formula is C25H38ClN5O. The minimum absolute atomic E-state index is 0.0404. The topological polar surface area (TPSA) is 94.2 Å². The molecule has 32 heavy (non-hydrogen) atoms. The number of benzene rings is 1. The van der Waals surface area contributed by atoms with Crippen molar-refractivity contribution in [2.75, 3.05) is 26.2 Å². The van der Waals surface area contributed by atoms with E-state index in [1.165, 1.54) is 24.0 Å². The van der Waals surface area contributed by atoms with Gasteiger partial charge in [0, 0.05) is 18.1 Å². The number of halogens is 1. The number of guanidine groups is 1. The van der Waals surface area contributed by atoms with Gasteiger partial charge in [-0.05, 0) is 92.6 Å². The molecule has 6 nitrogen and oxygen atoms in total. The summed E-state index contributed by atoms with van der Waals surface area (Å²) in [5.74, 6) is 2.11. The molecule has 1 saturated carbocycles. The van der Waals surface area contributed by atoms with Gasteiger partial charge < -0.3 is 21.3 Å². The maximum Gasteiger partial charge on any atom is 0.233 e. The zero-order valence-electron chi connectivity index (χ0n) is 19.4. The molecule has 4 rings (SSSR count). The van der Waals surface area contributed by atoms with Gasteiger partial charge in [0.25, 0.3) is 0 Å². The summed E-state index contributed by atoms with van der Waals surface area (Å²) in [6, 6.07) is 6.24. The maximum atomic E-state index is 14.2. The third-order valence-corrected chi connectivity index (χ3v) is 8.42. The average Bonchev–Trinajstić information content (AvgIpc) is 2.78. The van der Waals surface area contributed by atoms with Gasteiger partial charge in [0.1, 0.15) is 0 Å². The summed E-state index contributed by atoms with van der Waals surface area (Å²) >= 11 is 6.53. The molecule has 0 aromatic heterocycles. The van der Waals surface area contributed by atoms with Crippen molar-refractivity contribution in [1.29, 1.82) is 5.41 Å². The molecule has 2 fully saturated rings. The summed E-state index contributed by atoms with van der Waals surface area (Å²) < 4.78 is 0. The van der Waals surface area contributed by atoms with E-state index < -0.39 is 5.41 Å². The number of hydrogen-bond donors (Lipinski definition) is 4. The van der Waals surface area contributed by atoms with E-state index in [1.807, 2.05) is 6.07 Å². The number of fused-ring (bicyclic) bond motifs is 2. The SMILES string of the molecule is CC(C)C1CCC(C2c3cc(Cl)ccc3C3(CCNCC3)C(=O)N2CCNC(=N)N)CC1. The predicted octanol–water partition coefficient (Wildman–Crippen LogP) is 3.79. The number of piperidine rings is 1. The third kappa shape index (κ3) is 4.36. The fourth-order valence-corrected chi connectivity index (χ4v) is 6.60. The van der Waals surface area contributed by atoms with Crippen molar-refractivity contribution in [2.24, 2.45) is 23.5 Å². The van der Waals surface area contributed by atoms with Gasteiger partial charge in [0.2, 0.25) is 5.91 Å². The number of nitrogens with two attached hydrogens (primary N) is 1. The van der Waals surface area contributed by atoms with Gasteiger partial charge in [-0.3, -0.25) is 10.2 Å². The van der Waals surface area contributed by atoms with Crippen molar-refractivity contribution >= 4 is 23.5 Å². The van der Waals surface area contributed by atoms with Crippen molar-refractivity contribution in [3.63, 3.8) is 0 Å². The number of nitrogens with one attached hydrogen (secondary N) is 3. The third-order valence-electron chi connectivity index (χ3n) is 8.18. The van der Waals surface area contributed by atoms with Gasteiger partial charge >= 0.3 is 0 Å². The molecule has 0 bridgehead atoms. The van der Waals surface area contributed by atoms with Crippen LogP contribution in [0.4, 0.5) is 0 Å². The predicted molar refractivity (Wildman–Crippen MR) is 130 cm³/mol. The standard InChI is InChI=1S/C25H38ClN5O/c1-16(2)17-3-5-18(6-4-17)22-20-15-19(26)7-8-21(20)25(9-11-29-12-10-25)23(32)31(22)14-13-30-24(27)28/h7-8,15-18,22,29H,3-6,9-14H2,1-2H3,(H4,27,28,30). The number of amides is 1. The van der Waals surface area contributed by atoms with Crippen LogP contribution in [-0.4, -0.2) is 42.9 Å². The van der Waals surface area contributed by atoms with E-state index >= 15 is 0 Å². The number of nitrogens with zero attached hydrogens (tertiary/aromatic N) is 1. The molecule has 1 unspecified atom stereocenters. The Morgan fingerprint density at radius 3 is 2.59 bits per heavy atom. The molecule has 0 radical (unpaired) electrons. The lowest BCUT2D eigenvalue weighted by Gasteiger charge is -2.52. The minimum Gasteiger partial charge on any atom is -0.370 e. The first-order valence-electron chi connectivity index (χ1n) is 12.2. The largest absolute Gasteiger partial charge is 0.370 e. The van der Waals surface area contributed by atoms with E-state index in [0.717, 1.165) is 49.7 Å². The molecule has 1 aliphatic carbocycles. The van der Waals surface area contributed by atoms with Crippen molar-refractivity contribution in [3.05, 3.63) is 34.3 Å². The summed E-state index contributed by atoms with van der Waals surface area (Å²) in [7, 11) is 0. The van der Waals surface area contributed by atoms with Crippen molar-refractivity contribution in [2.45, 2.75) is 63.8 Å². The second kappa shape index (κ2) is 9.60. The van der Waals surface area contributed by atoms with Crippen LogP contribution >= 0.6 is 11.6 Å². The smallest absolute Gasteiger partial charge is 0.233 e. The van der Waals surface area contributed by atoms with Gasteiger partial charge in [-0.15, -0.1) is 0 Å². The zero-order chi connectivity index (χ0) is 22.9. The number of hydrogen-bond acceptors (Lipinski definition) is 3. The first-order valence-corrected chi connectivity index (χ1v) is 12.6. The quantitative estimate of drug-likeness (QED) is 0.398. The van der Waals surface area contributed by atoms with E-state index in [0.29, 0.717) is 24.9 Å². The molecule has 1 saturated heterocycles. The normalized spacial score (nSPS) is 27.4. The Labute approximate surface area is 197 Å². The molecule has 1 spiro atoms. The summed E-state index contributed by atoms with van der Waals surface area (Å²) in [5, 5.41) is 14.6. The molecule has 5 N–H and O–H groups in total. The highest BCUT2D eigenvalue weighted by Crippen LogP contribution is 2.51. The summed E-state index contributed by atoms with van der Waals surface area (Å²) in [4.78, 5) is 16.3. The van der Waals surface area contributed by atoms with Gasteiger partial charge in [0.15, 0.2) is 5.96 Å². The van der Waals surface area contributed by atoms with Gasteiger partial charge in [0.05, 0.1) is 11.5 Å². The molecule has 1 aromatic carbocycles. The van der Waals surface area contributed by atoms with Gasteiger partial charge in [-0.2, -0.15) is 0 Å². The van der Waals surface area contributed by atoms with Crippen LogP contribution < -0.4 is 16.4 Å². The van der Waals surface area contributed by atoms with Crippen LogP contribution in [0.1, 0.15) is 69.5 Å². The van der Waals surface area contributed by atoms with Crippen molar-refractivity contribution < 1.29 is 4.79 Å². The second-order valence-electron chi connectivity index (χ2n) is 10.3. The number of rotatable bonds is 5. The lowest BCUT2D eigenvalue weighted by atomic mass is 9.63. The maximum absolute atomic E-state index is 14.2. The number of carbonyl (C=O) groups excluding carboxylic acids is 1. The molecule has 1 aromatic rings. The molecule has 1 atom stereocenters.